The minimum atomic E-state index is -1.25. The van der Waals surface area contributed by atoms with Gasteiger partial charge in [-0.2, -0.15) is 0 Å². The van der Waals surface area contributed by atoms with Crippen molar-refractivity contribution in [1.29, 1.82) is 0 Å². The molecular weight excluding hydrogens is 410 g/mol. The van der Waals surface area contributed by atoms with Crippen LogP contribution in [0.4, 0.5) is 11.5 Å². The number of hydrogen-bond acceptors (Lipinski definition) is 11. The molecular formula is C19H23N5O7. The largest absolute Gasteiger partial charge is 0.493 e. The van der Waals surface area contributed by atoms with E-state index in [4.69, 9.17) is 18.9 Å². The fraction of sp³-hybridized carbons (Fsp3) is 0.421. The van der Waals surface area contributed by atoms with Crippen LogP contribution < -0.4 is 19.5 Å². The van der Waals surface area contributed by atoms with Gasteiger partial charge in [-0.3, -0.25) is 4.57 Å². The SMILES string of the molecule is COc1cc(Nc2ncnc3c2ncn3C2O[C@H](CO)[C@@H](O)[C@H]2O)cc(OC)c1OC. The van der Waals surface area contributed by atoms with E-state index in [-0.39, 0.29) is 0 Å². The van der Waals surface area contributed by atoms with E-state index in [2.05, 4.69) is 20.3 Å². The van der Waals surface area contributed by atoms with Crippen LogP contribution in [-0.4, -0.2) is 81.1 Å². The summed E-state index contributed by atoms with van der Waals surface area (Å²) < 4.78 is 23.1. The molecule has 0 amide bonds. The van der Waals surface area contributed by atoms with Gasteiger partial charge in [0.2, 0.25) is 5.75 Å². The van der Waals surface area contributed by atoms with Crippen molar-refractivity contribution < 1.29 is 34.3 Å². The summed E-state index contributed by atoms with van der Waals surface area (Å²) in [7, 11) is 4.56. The van der Waals surface area contributed by atoms with Crippen LogP contribution in [0.25, 0.3) is 11.2 Å². The minimum absolute atomic E-state index is 0.375. The Kier molecular flexibility index (Phi) is 5.78. The second-order valence-corrected chi connectivity index (χ2v) is 6.81. The summed E-state index contributed by atoms with van der Waals surface area (Å²) in [5, 5.41) is 32.9. The lowest BCUT2D eigenvalue weighted by atomic mass is 10.1. The van der Waals surface area contributed by atoms with Crippen LogP contribution in [0.1, 0.15) is 6.23 Å². The summed E-state index contributed by atoms with van der Waals surface area (Å²) in [4.78, 5) is 12.8. The first-order chi connectivity index (χ1) is 15.0. The minimum Gasteiger partial charge on any atom is -0.493 e. The number of fused-ring (bicyclic) bond motifs is 1. The van der Waals surface area contributed by atoms with Crippen molar-refractivity contribution >= 4 is 22.7 Å². The van der Waals surface area contributed by atoms with Gasteiger partial charge in [0.25, 0.3) is 0 Å². The van der Waals surface area contributed by atoms with Gasteiger partial charge in [-0.1, -0.05) is 0 Å². The third-order valence-corrected chi connectivity index (χ3v) is 5.08. The van der Waals surface area contributed by atoms with Crippen LogP contribution >= 0.6 is 0 Å². The Balaban J connectivity index is 1.70. The molecule has 4 N–H and O–H groups in total. The Morgan fingerprint density at radius 1 is 1.03 bits per heavy atom. The number of aliphatic hydroxyl groups is 3. The first kappa shape index (κ1) is 21.1. The van der Waals surface area contributed by atoms with Crippen molar-refractivity contribution in [3.8, 4) is 17.2 Å². The maximum Gasteiger partial charge on any atom is 0.203 e. The molecule has 1 aliphatic rings. The fourth-order valence-electron chi connectivity index (χ4n) is 3.53. The number of imidazole rings is 1. The van der Waals surface area contributed by atoms with Crippen LogP contribution in [-0.2, 0) is 4.74 Å². The number of methoxy groups -OCH3 is 3. The quantitative estimate of drug-likeness (QED) is 0.404. The predicted octanol–water partition coefficient (Wildman–Crippen LogP) is 0.207. The van der Waals surface area contributed by atoms with Gasteiger partial charge in [0.05, 0.1) is 34.3 Å². The zero-order valence-electron chi connectivity index (χ0n) is 17.1. The van der Waals surface area contributed by atoms with E-state index in [0.29, 0.717) is 39.9 Å². The molecule has 31 heavy (non-hydrogen) atoms. The summed E-state index contributed by atoms with van der Waals surface area (Å²) >= 11 is 0. The van der Waals surface area contributed by atoms with Crippen molar-refractivity contribution in [3.63, 3.8) is 0 Å². The van der Waals surface area contributed by atoms with E-state index in [1.54, 1.807) is 12.1 Å². The second-order valence-electron chi connectivity index (χ2n) is 6.81. The molecule has 12 heteroatoms. The highest BCUT2D eigenvalue weighted by molar-refractivity contribution is 5.85. The van der Waals surface area contributed by atoms with E-state index >= 15 is 0 Å². The van der Waals surface area contributed by atoms with E-state index in [1.165, 1.54) is 38.6 Å². The number of benzene rings is 1. The van der Waals surface area contributed by atoms with Crippen LogP contribution in [0.2, 0.25) is 0 Å². The van der Waals surface area contributed by atoms with Gasteiger partial charge in [0, 0.05) is 17.8 Å². The van der Waals surface area contributed by atoms with Crippen LogP contribution in [0, 0.1) is 0 Å². The summed E-state index contributed by atoms with van der Waals surface area (Å²) in [6, 6.07) is 3.44. The Hall–Kier alpha value is -3.19. The topological polar surface area (TPSA) is 153 Å². The molecule has 3 heterocycles. The molecule has 2 aromatic heterocycles. The lowest BCUT2D eigenvalue weighted by Gasteiger charge is -2.17. The molecule has 1 saturated heterocycles. The number of ether oxygens (including phenoxy) is 4. The molecule has 4 rings (SSSR count). The Morgan fingerprint density at radius 2 is 1.74 bits per heavy atom. The molecule has 1 unspecified atom stereocenters. The molecule has 0 aliphatic carbocycles. The van der Waals surface area contributed by atoms with Crippen LogP contribution in [0.15, 0.2) is 24.8 Å². The molecule has 0 saturated carbocycles. The highest BCUT2D eigenvalue weighted by Crippen LogP contribution is 2.41. The van der Waals surface area contributed by atoms with Gasteiger partial charge in [0.1, 0.15) is 24.6 Å². The zero-order valence-corrected chi connectivity index (χ0v) is 17.1. The van der Waals surface area contributed by atoms with Gasteiger partial charge in [-0.25, -0.2) is 15.0 Å². The number of rotatable bonds is 7. The molecule has 1 aromatic carbocycles. The van der Waals surface area contributed by atoms with Gasteiger partial charge in [-0.05, 0) is 0 Å². The molecule has 3 aromatic rings. The van der Waals surface area contributed by atoms with Gasteiger partial charge in [-0.15, -0.1) is 0 Å². The van der Waals surface area contributed by atoms with Crippen LogP contribution in [0.3, 0.4) is 0 Å². The summed E-state index contributed by atoms with van der Waals surface area (Å²) in [5.74, 6) is 1.78. The molecule has 0 bridgehead atoms. The maximum absolute atomic E-state index is 10.3. The highest BCUT2D eigenvalue weighted by Gasteiger charge is 2.44. The number of nitrogens with one attached hydrogen (secondary N) is 1. The summed E-state index contributed by atoms with van der Waals surface area (Å²) in [5.41, 5.74) is 1.39. The van der Waals surface area contributed by atoms with Crippen molar-refractivity contribution in [1.82, 2.24) is 19.5 Å². The average molecular weight is 433 g/mol. The first-order valence-corrected chi connectivity index (χ1v) is 9.39. The van der Waals surface area contributed by atoms with Crippen molar-refractivity contribution in [2.45, 2.75) is 24.5 Å². The number of anilines is 2. The second kappa shape index (κ2) is 8.51. The van der Waals surface area contributed by atoms with Crippen LogP contribution in [0.5, 0.6) is 17.2 Å². The smallest absolute Gasteiger partial charge is 0.203 e. The highest BCUT2D eigenvalue weighted by atomic mass is 16.6. The Morgan fingerprint density at radius 3 is 2.32 bits per heavy atom. The van der Waals surface area contributed by atoms with Crippen molar-refractivity contribution in [2.75, 3.05) is 33.3 Å². The number of nitrogens with zero attached hydrogens (tertiary/aromatic N) is 4. The molecule has 1 aliphatic heterocycles. The number of aromatic nitrogens is 4. The Bertz CT molecular complexity index is 1050. The lowest BCUT2D eigenvalue weighted by Crippen LogP contribution is -2.33. The number of aliphatic hydroxyl groups excluding tert-OH is 3. The van der Waals surface area contributed by atoms with Crippen molar-refractivity contribution in [3.05, 3.63) is 24.8 Å². The molecule has 4 atom stereocenters. The third-order valence-electron chi connectivity index (χ3n) is 5.08. The molecule has 12 nitrogen and oxygen atoms in total. The number of hydrogen-bond donors (Lipinski definition) is 4. The average Bonchev–Trinajstić information content (AvgIpc) is 3.34. The van der Waals surface area contributed by atoms with E-state index in [9.17, 15) is 15.3 Å². The standard InChI is InChI=1S/C19H23N5O7/c1-28-10-4-9(5-11(29-2)16(10)30-3)23-17-13-18(21-7-20-17)24(8-22-13)19-15(27)14(26)12(6-25)31-19/h4-5,7-8,12,14-15,19,25-27H,6H2,1-3H3,(H,20,21,23)/t12-,14-,15-,19?/m1/s1. The molecule has 0 radical (unpaired) electrons. The lowest BCUT2D eigenvalue weighted by molar-refractivity contribution is -0.0511. The van der Waals surface area contributed by atoms with Gasteiger partial charge in [0.15, 0.2) is 34.7 Å². The molecule has 1 fully saturated rings. The summed E-state index contributed by atoms with van der Waals surface area (Å²) in [6.45, 7) is -0.426. The van der Waals surface area contributed by atoms with E-state index in [0.717, 1.165) is 0 Å². The van der Waals surface area contributed by atoms with E-state index < -0.39 is 31.1 Å². The first-order valence-electron chi connectivity index (χ1n) is 9.39. The van der Waals surface area contributed by atoms with E-state index in [1.807, 2.05) is 0 Å². The maximum atomic E-state index is 10.3. The fourth-order valence-corrected chi connectivity index (χ4v) is 3.53. The monoisotopic (exact) mass is 433 g/mol. The zero-order chi connectivity index (χ0) is 22.1. The van der Waals surface area contributed by atoms with Gasteiger partial charge < -0.3 is 39.6 Å². The Labute approximate surface area is 177 Å². The normalized spacial score (nSPS) is 23.2. The summed E-state index contributed by atoms with van der Waals surface area (Å²) in [6.07, 6.45) is -1.58. The molecule has 166 valence electrons. The predicted molar refractivity (Wildman–Crippen MR) is 108 cm³/mol. The van der Waals surface area contributed by atoms with Crippen molar-refractivity contribution in [2.24, 2.45) is 0 Å². The van der Waals surface area contributed by atoms with Gasteiger partial charge >= 0.3 is 0 Å². The molecule has 0 spiro atoms. The third kappa shape index (κ3) is 3.59.